The summed E-state index contributed by atoms with van der Waals surface area (Å²) in [6.45, 7) is 5.11. The average molecular weight is 404 g/mol. The van der Waals surface area contributed by atoms with Gasteiger partial charge in [0.05, 0.1) is 11.3 Å². The van der Waals surface area contributed by atoms with Crippen molar-refractivity contribution in [2.24, 2.45) is 0 Å². The molecule has 148 valence electrons. The summed E-state index contributed by atoms with van der Waals surface area (Å²) in [5, 5.41) is 13.4. The molecule has 0 radical (unpaired) electrons. The Morgan fingerprint density at radius 1 is 1.21 bits per heavy atom. The van der Waals surface area contributed by atoms with Gasteiger partial charge in [0.25, 0.3) is 11.6 Å². The number of ether oxygens (including phenoxy) is 1. The number of benzene rings is 1. The fraction of sp³-hybridized carbons (Fsp3) is 0.316. The molecule has 9 heteroatoms. The minimum absolute atomic E-state index is 0.0129. The van der Waals surface area contributed by atoms with Crippen LogP contribution in [0.25, 0.3) is 0 Å². The van der Waals surface area contributed by atoms with Crippen LogP contribution in [0.3, 0.4) is 0 Å². The number of nitrogens with one attached hydrogen (secondary N) is 1. The lowest BCUT2D eigenvalue weighted by Crippen LogP contribution is -2.30. The third-order valence-corrected chi connectivity index (χ3v) is 4.90. The molecule has 0 unspecified atom stereocenters. The molecule has 0 aliphatic carbocycles. The summed E-state index contributed by atoms with van der Waals surface area (Å²) >= 11 is 1.51. The van der Waals surface area contributed by atoms with Crippen molar-refractivity contribution in [3.8, 4) is 0 Å². The lowest BCUT2D eigenvalue weighted by Gasteiger charge is -2.13. The molecule has 1 amide bonds. The molecule has 28 heavy (non-hydrogen) atoms. The van der Waals surface area contributed by atoms with Gasteiger partial charge in [0.15, 0.2) is 11.9 Å². The number of hydrogen-bond acceptors (Lipinski definition) is 7. The van der Waals surface area contributed by atoms with Gasteiger partial charge in [-0.2, -0.15) is 0 Å². The summed E-state index contributed by atoms with van der Waals surface area (Å²) in [7, 11) is 0. The lowest BCUT2D eigenvalue weighted by molar-refractivity contribution is -0.383. The van der Waals surface area contributed by atoms with Crippen LogP contribution in [-0.2, 0) is 14.3 Å². The standard InChI is InChI=1S/C19H20N2O6S/c1-11-10-14(13(3)28-11)17(22)8-9-18(23)27-12(2)19(24)20-15-6-4-5-7-16(15)21(25)26/h4-7,10,12H,8-9H2,1-3H3,(H,20,24)/t12-/m0/s1. The Kier molecular flexibility index (Phi) is 7.00. The zero-order chi connectivity index (χ0) is 20.8. The second kappa shape index (κ2) is 9.23. The number of thiophene rings is 1. The van der Waals surface area contributed by atoms with Crippen LogP contribution >= 0.6 is 11.3 Å². The van der Waals surface area contributed by atoms with Crippen molar-refractivity contribution < 1.29 is 24.0 Å². The van der Waals surface area contributed by atoms with Crippen molar-refractivity contribution in [3.05, 3.63) is 55.8 Å². The predicted octanol–water partition coefficient (Wildman–Crippen LogP) is 3.81. The number of Topliss-reactive ketones (excluding diaryl/α,β-unsaturated/α-hetero) is 1. The molecule has 1 atom stereocenters. The van der Waals surface area contributed by atoms with Crippen molar-refractivity contribution in [1.29, 1.82) is 0 Å². The van der Waals surface area contributed by atoms with E-state index < -0.39 is 22.9 Å². The van der Waals surface area contributed by atoms with Gasteiger partial charge in [0, 0.05) is 27.8 Å². The summed E-state index contributed by atoms with van der Waals surface area (Å²) in [4.78, 5) is 48.6. The maximum atomic E-state index is 12.2. The Morgan fingerprint density at radius 3 is 2.50 bits per heavy atom. The first-order valence-electron chi connectivity index (χ1n) is 8.53. The van der Waals surface area contributed by atoms with E-state index in [1.807, 2.05) is 13.8 Å². The van der Waals surface area contributed by atoms with Gasteiger partial charge in [-0.3, -0.25) is 24.5 Å². The third kappa shape index (κ3) is 5.46. The quantitative estimate of drug-likeness (QED) is 0.310. The van der Waals surface area contributed by atoms with E-state index in [9.17, 15) is 24.5 Å². The topological polar surface area (TPSA) is 116 Å². The van der Waals surface area contributed by atoms with Gasteiger partial charge < -0.3 is 10.1 Å². The van der Waals surface area contributed by atoms with Crippen LogP contribution in [0, 0.1) is 24.0 Å². The molecule has 2 aromatic rings. The first-order valence-corrected chi connectivity index (χ1v) is 9.34. The number of nitrogens with zero attached hydrogens (tertiary/aromatic N) is 1. The number of nitro groups is 1. The molecule has 0 saturated carbocycles. The highest BCUT2D eigenvalue weighted by atomic mass is 32.1. The van der Waals surface area contributed by atoms with Crippen LogP contribution in [0.1, 0.15) is 39.9 Å². The van der Waals surface area contributed by atoms with Gasteiger partial charge in [0.2, 0.25) is 0 Å². The number of hydrogen-bond donors (Lipinski definition) is 1. The third-order valence-electron chi connectivity index (χ3n) is 3.93. The number of nitro benzene ring substituents is 1. The molecule has 1 aromatic heterocycles. The zero-order valence-electron chi connectivity index (χ0n) is 15.7. The summed E-state index contributed by atoms with van der Waals surface area (Å²) in [5.74, 6) is -1.54. The SMILES string of the molecule is Cc1cc(C(=O)CCC(=O)O[C@@H](C)C(=O)Nc2ccccc2[N+](=O)[O-])c(C)s1. The molecule has 1 N–H and O–H groups in total. The molecular formula is C19H20N2O6S. The van der Waals surface area contributed by atoms with Crippen LogP contribution in [0.2, 0.25) is 0 Å². The molecule has 2 rings (SSSR count). The van der Waals surface area contributed by atoms with Crippen molar-refractivity contribution in [1.82, 2.24) is 0 Å². The Hall–Kier alpha value is -3.07. The molecule has 0 fully saturated rings. The monoisotopic (exact) mass is 404 g/mol. The van der Waals surface area contributed by atoms with Gasteiger partial charge in [-0.25, -0.2) is 0 Å². The average Bonchev–Trinajstić information content (AvgIpc) is 2.98. The normalized spacial score (nSPS) is 11.5. The Bertz CT molecular complexity index is 921. The van der Waals surface area contributed by atoms with Crippen LogP contribution in [0.4, 0.5) is 11.4 Å². The molecule has 0 saturated heterocycles. The Morgan fingerprint density at radius 2 is 1.89 bits per heavy atom. The highest BCUT2D eigenvalue weighted by molar-refractivity contribution is 7.12. The van der Waals surface area contributed by atoms with Gasteiger partial charge in [-0.1, -0.05) is 12.1 Å². The van der Waals surface area contributed by atoms with Gasteiger partial charge in [0.1, 0.15) is 5.69 Å². The van der Waals surface area contributed by atoms with Crippen molar-refractivity contribution in [2.45, 2.75) is 39.7 Å². The minimum atomic E-state index is -1.16. The summed E-state index contributed by atoms with van der Waals surface area (Å²) in [6, 6.07) is 7.45. The van der Waals surface area contributed by atoms with E-state index in [-0.39, 0.29) is 30.0 Å². The maximum Gasteiger partial charge on any atom is 0.307 e. The van der Waals surface area contributed by atoms with Gasteiger partial charge in [-0.15, -0.1) is 11.3 Å². The van der Waals surface area contributed by atoms with Gasteiger partial charge >= 0.3 is 5.97 Å². The highest BCUT2D eigenvalue weighted by Gasteiger charge is 2.22. The van der Waals surface area contributed by atoms with Crippen molar-refractivity contribution in [2.75, 3.05) is 5.32 Å². The number of ketones is 1. The lowest BCUT2D eigenvalue weighted by atomic mass is 10.1. The smallest absolute Gasteiger partial charge is 0.307 e. The second-order valence-corrected chi connectivity index (χ2v) is 7.61. The fourth-order valence-corrected chi connectivity index (χ4v) is 3.48. The van der Waals surface area contributed by atoms with E-state index in [2.05, 4.69) is 5.32 Å². The summed E-state index contributed by atoms with van der Waals surface area (Å²) in [5.41, 5.74) is 0.345. The zero-order valence-corrected chi connectivity index (χ0v) is 16.5. The number of carbonyl (C=O) groups is 3. The van der Waals surface area contributed by atoms with Crippen molar-refractivity contribution in [3.63, 3.8) is 0 Å². The first kappa shape index (κ1) is 21.2. The van der Waals surface area contributed by atoms with E-state index in [0.717, 1.165) is 9.75 Å². The first-order chi connectivity index (χ1) is 13.2. The molecule has 8 nitrogen and oxygen atoms in total. The molecule has 0 aliphatic heterocycles. The number of rotatable bonds is 8. The summed E-state index contributed by atoms with van der Waals surface area (Å²) in [6.07, 6.45) is -1.34. The molecule has 1 heterocycles. The Balaban J connectivity index is 1.88. The summed E-state index contributed by atoms with van der Waals surface area (Å²) < 4.78 is 5.04. The van der Waals surface area contributed by atoms with Crippen LogP contribution in [0.15, 0.2) is 30.3 Å². The molecule has 1 aromatic carbocycles. The van der Waals surface area contributed by atoms with E-state index in [1.165, 1.54) is 36.5 Å². The molecule has 0 bridgehead atoms. The number of anilines is 1. The number of para-hydroxylation sites is 2. The number of esters is 1. The van der Waals surface area contributed by atoms with E-state index >= 15 is 0 Å². The van der Waals surface area contributed by atoms with Crippen LogP contribution in [0.5, 0.6) is 0 Å². The second-order valence-electron chi connectivity index (χ2n) is 6.15. The molecule has 0 aliphatic rings. The number of carbonyl (C=O) groups excluding carboxylic acids is 3. The molecular weight excluding hydrogens is 384 g/mol. The van der Waals surface area contributed by atoms with Gasteiger partial charge in [-0.05, 0) is 32.9 Å². The minimum Gasteiger partial charge on any atom is -0.453 e. The van der Waals surface area contributed by atoms with Crippen LogP contribution in [-0.4, -0.2) is 28.7 Å². The van der Waals surface area contributed by atoms with E-state index in [1.54, 1.807) is 12.1 Å². The predicted molar refractivity (Wildman–Crippen MR) is 105 cm³/mol. The fourth-order valence-electron chi connectivity index (χ4n) is 2.54. The highest BCUT2D eigenvalue weighted by Crippen LogP contribution is 2.24. The molecule has 0 spiro atoms. The van der Waals surface area contributed by atoms with Crippen molar-refractivity contribution >= 4 is 40.4 Å². The van der Waals surface area contributed by atoms with E-state index in [4.69, 9.17) is 4.74 Å². The largest absolute Gasteiger partial charge is 0.453 e. The van der Waals surface area contributed by atoms with E-state index in [0.29, 0.717) is 5.56 Å². The number of amides is 1. The number of aryl methyl sites for hydroxylation is 2. The Labute approximate surface area is 165 Å². The maximum absolute atomic E-state index is 12.2. The van der Waals surface area contributed by atoms with Crippen LogP contribution < -0.4 is 5.32 Å².